The molecule has 1 aromatic carbocycles. The number of amides is 2. The summed E-state index contributed by atoms with van der Waals surface area (Å²) in [5, 5.41) is 3.20. The minimum absolute atomic E-state index is 0.00421. The van der Waals surface area contributed by atoms with Crippen LogP contribution in [0.25, 0.3) is 0 Å². The number of hydrogen-bond acceptors (Lipinski definition) is 3. The van der Waals surface area contributed by atoms with Crippen LogP contribution in [-0.4, -0.2) is 30.8 Å². The number of rotatable bonds is 5. The number of hydrogen-bond donors (Lipinski definition) is 1. The van der Waals surface area contributed by atoms with E-state index in [0.717, 1.165) is 12.0 Å². The van der Waals surface area contributed by atoms with Gasteiger partial charge in [-0.2, -0.15) is 0 Å². The van der Waals surface area contributed by atoms with Gasteiger partial charge in [0.15, 0.2) is 5.76 Å². The van der Waals surface area contributed by atoms with Crippen LogP contribution in [0.3, 0.4) is 0 Å². The second kappa shape index (κ2) is 6.69. The van der Waals surface area contributed by atoms with Gasteiger partial charge in [0.05, 0.1) is 6.54 Å². The average Bonchev–Trinajstić information content (AvgIpc) is 3.25. The van der Waals surface area contributed by atoms with Crippen molar-refractivity contribution < 1.29 is 14.0 Å². The van der Waals surface area contributed by atoms with Crippen LogP contribution in [-0.2, 0) is 11.3 Å². The molecule has 0 bridgehead atoms. The van der Waals surface area contributed by atoms with E-state index in [1.165, 1.54) is 0 Å². The van der Waals surface area contributed by atoms with Gasteiger partial charge < -0.3 is 14.6 Å². The first-order valence-electron chi connectivity index (χ1n) is 7.81. The highest BCUT2D eigenvalue weighted by molar-refractivity contribution is 6.30. The van der Waals surface area contributed by atoms with Crippen LogP contribution in [0.5, 0.6) is 0 Å². The van der Waals surface area contributed by atoms with E-state index in [4.69, 9.17) is 16.0 Å². The van der Waals surface area contributed by atoms with Gasteiger partial charge in [-0.1, -0.05) is 23.7 Å². The predicted molar refractivity (Wildman–Crippen MR) is 90.9 cm³/mol. The Morgan fingerprint density at radius 1 is 1.25 bits per heavy atom. The highest BCUT2D eigenvalue weighted by atomic mass is 35.5. The number of nitrogens with zero attached hydrogens (tertiary/aromatic N) is 1. The van der Waals surface area contributed by atoms with Crippen LogP contribution in [0.4, 0.5) is 0 Å². The second-order valence-corrected chi connectivity index (χ2v) is 6.48. The number of benzene rings is 1. The largest absolute Gasteiger partial charge is 0.454 e. The standard InChI is InChI=1S/C18H19ClN2O3/c1-20-17(22)16-8-7-13(24-16)10-21(2)18(23)15-9-14(15)11-3-5-12(19)6-4-11/h3-8,14-15H,9-10H2,1-2H3,(H,20,22). The van der Waals surface area contributed by atoms with E-state index in [1.54, 1.807) is 31.1 Å². The van der Waals surface area contributed by atoms with E-state index in [1.807, 2.05) is 24.3 Å². The number of nitrogens with one attached hydrogen (secondary N) is 1. The second-order valence-electron chi connectivity index (χ2n) is 6.04. The zero-order valence-electron chi connectivity index (χ0n) is 13.6. The molecule has 0 saturated heterocycles. The molecule has 1 aliphatic carbocycles. The zero-order valence-corrected chi connectivity index (χ0v) is 14.3. The molecule has 2 aromatic rings. The minimum Gasteiger partial charge on any atom is -0.454 e. The third-order valence-electron chi connectivity index (χ3n) is 4.29. The third-order valence-corrected chi connectivity index (χ3v) is 4.54. The van der Waals surface area contributed by atoms with Crippen molar-refractivity contribution in [1.29, 1.82) is 0 Å². The molecule has 0 radical (unpaired) electrons. The van der Waals surface area contributed by atoms with Gasteiger partial charge in [0.25, 0.3) is 5.91 Å². The smallest absolute Gasteiger partial charge is 0.286 e. The van der Waals surface area contributed by atoms with Gasteiger partial charge in [-0.3, -0.25) is 9.59 Å². The first kappa shape index (κ1) is 16.6. The summed E-state index contributed by atoms with van der Waals surface area (Å²) in [6.07, 6.45) is 0.854. The van der Waals surface area contributed by atoms with Gasteiger partial charge in [0, 0.05) is 25.0 Å². The quantitative estimate of drug-likeness (QED) is 0.905. The number of carbonyl (C=O) groups is 2. The topological polar surface area (TPSA) is 62.6 Å². The molecular weight excluding hydrogens is 328 g/mol. The molecule has 1 saturated carbocycles. The summed E-state index contributed by atoms with van der Waals surface area (Å²) >= 11 is 5.90. The molecule has 24 heavy (non-hydrogen) atoms. The lowest BCUT2D eigenvalue weighted by atomic mass is 10.1. The molecule has 3 rings (SSSR count). The van der Waals surface area contributed by atoms with Gasteiger partial charge >= 0.3 is 0 Å². The Morgan fingerprint density at radius 2 is 1.96 bits per heavy atom. The molecule has 0 aliphatic heterocycles. The Hall–Kier alpha value is -2.27. The van der Waals surface area contributed by atoms with E-state index < -0.39 is 0 Å². The lowest BCUT2D eigenvalue weighted by Crippen LogP contribution is -2.27. The van der Waals surface area contributed by atoms with Crippen LogP contribution < -0.4 is 5.32 Å². The Bertz CT molecular complexity index is 754. The molecule has 1 heterocycles. The lowest BCUT2D eigenvalue weighted by molar-refractivity contribution is -0.132. The first-order chi connectivity index (χ1) is 11.5. The van der Waals surface area contributed by atoms with Crippen molar-refractivity contribution in [3.05, 3.63) is 58.5 Å². The van der Waals surface area contributed by atoms with Crippen LogP contribution in [0.15, 0.2) is 40.8 Å². The summed E-state index contributed by atoms with van der Waals surface area (Å²) in [6, 6.07) is 11.0. The fraction of sp³-hybridized carbons (Fsp3) is 0.333. The summed E-state index contributed by atoms with van der Waals surface area (Å²) in [5.41, 5.74) is 1.14. The van der Waals surface area contributed by atoms with Gasteiger partial charge in [0.2, 0.25) is 5.91 Å². The Kier molecular flexibility index (Phi) is 4.62. The molecule has 2 unspecified atom stereocenters. The molecule has 5 nitrogen and oxygen atoms in total. The Morgan fingerprint density at radius 3 is 2.62 bits per heavy atom. The highest BCUT2D eigenvalue weighted by Gasteiger charge is 2.45. The fourth-order valence-corrected chi connectivity index (χ4v) is 2.98. The summed E-state index contributed by atoms with van der Waals surface area (Å²) in [6.45, 7) is 0.347. The maximum absolute atomic E-state index is 12.5. The van der Waals surface area contributed by atoms with Crippen molar-refractivity contribution in [2.75, 3.05) is 14.1 Å². The molecule has 1 aliphatic rings. The molecule has 0 spiro atoms. The van der Waals surface area contributed by atoms with Crippen LogP contribution >= 0.6 is 11.6 Å². The molecule has 1 N–H and O–H groups in total. The van der Waals surface area contributed by atoms with Gasteiger partial charge in [-0.25, -0.2) is 0 Å². The monoisotopic (exact) mass is 346 g/mol. The Labute approximate surface area is 145 Å². The molecule has 2 atom stereocenters. The van der Waals surface area contributed by atoms with E-state index in [9.17, 15) is 9.59 Å². The van der Waals surface area contributed by atoms with Crippen LogP contribution in [0.1, 0.15) is 34.2 Å². The van der Waals surface area contributed by atoms with Gasteiger partial charge in [-0.15, -0.1) is 0 Å². The third kappa shape index (κ3) is 3.46. The van der Waals surface area contributed by atoms with E-state index in [-0.39, 0.29) is 29.4 Å². The molecule has 1 aromatic heterocycles. The van der Waals surface area contributed by atoms with Crippen molar-refractivity contribution in [1.82, 2.24) is 10.2 Å². The molecule has 126 valence electrons. The predicted octanol–water partition coefficient (Wildman–Crippen LogP) is 3.05. The maximum Gasteiger partial charge on any atom is 0.286 e. The molecular formula is C18H19ClN2O3. The zero-order chi connectivity index (χ0) is 17.3. The summed E-state index contributed by atoms with van der Waals surface area (Å²) < 4.78 is 5.46. The van der Waals surface area contributed by atoms with Gasteiger partial charge in [-0.05, 0) is 42.2 Å². The normalized spacial score (nSPS) is 19.0. The van der Waals surface area contributed by atoms with Crippen molar-refractivity contribution in [3.63, 3.8) is 0 Å². The average molecular weight is 347 g/mol. The number of carbonyl (C=O) groups excluding carboxylic acids is 2. The summed E-state index contributed by atoms with van der Waals surface area (Å²) in [7, 11) is 3.30. The number of furan rings is 1. The minimum atomic E-state index is -0.278. The molecule has 2 amide bonds. The maximum atomic E-state index is 12.5. The SMILES string of the molecule is CNC(=O)c1ccc(CN(C)C(=O)C2CC2c2ccc(Cl)cc2)o1. The van der Waals surface area contributed by atoms with E-state index in [0.29, 0.717) is 17.3 Å². The van der Waals surface area contributed by atoms with Crippen molar-refractivity contribution in [2.45, 2.75) is 18.9 Å². The van der Waals surface area contributed by atoms with Crippen molar-refractivity contribution in [2.24, 2.45) is 5.92 Å². The van der Waals surface area contributed by atoms with Crippen molar-refractivity contribution in [3.8, 4) is 0 Å². The van der Waals surface area contributed by atoms with Gasteiger partial charge in [0.1, 0.15) is 5.76 Å². The highest BCUT2D eigenvalue weighted by Crippen LogP contribution is 2.48. The van der Waals surface area contributed by atoms with Crippen molar-refractivity contribution >= 4 is 23.4 Å². The number of halogens is 1. The van der Waals surface area contributed by atoms with Crippen LogP contribution in [0, 0.1) is 5.92 Å². The first-order valence-corrected chi connectivity index (χ1v) is 8.18. The van der Waals surface area contributed by atoms with E-state index in [2.05, 4.69) is 5.32 Å². The fourth-order valence-electron chi connectivity index (χ4n) is 2.85. The summed E-state index contributed by atoms with van der Waals surface area (Å²) in [4.78, 5) is 25.7. The summed E-state index contributed by atoms with van der Waals surface area (Å²) in [5.74, 6) is 0.916. The molecule has 1 fully saturated rings. The molecule has 6 heteroatoms. The van der Waals surface area contributed by atoms with E-state index >= 15 is 0 Å². The van der Waals surface area contributed by atoms with Crippen LogP contribution in [0.2, 0.25) is 5.02 Å². The Balaban J connectivity index is 1.59. The lowest BCUT2D eigenvalue weighted by Gasteiger charge is -2.15.